The van der Waals surface area contributed by atoms with Crippen LogP contribution in [0.4, 0.5) is 13.2 Å². The van der Waals surface area contributed by atoms with Crippen LogP contribution in [0.1, 0.15) is 17.9 Å². The molecule has 0 aliphatic rings. The third-order valence-electron chi connectivity index (χ3n) is 2.90. The molecule has 0 aliphatic heterocycles. The van der Waals surface area contributed by atoms with Gasteiger partial charge in [-0.3, -0.25) is 4.79 Å². The van der Waals surface area contributed by atoms with Crippen molar-refractivity contribution in [2.45, 2.75) is 25.1 Å². The SMILES string of the molecule is Cc1ccc(C(O)(CC(=O)N(CC#N)CC#N)C(F)(F)F)o1. The van der Waals surface area contributed by atoms with Crippen LogP contribution in [-0.2, 0) is 10.4 Å². The molecule has 1 amide bonds. The summed E-state index contributed by atoms with van der Waals surface area (Å²) in [6, 6.07) is 5.29. The molecule has 6 nitrogen and oxygen atoms in total. The van der Waals surface area contributed by atoms with E-state index in [-0.39, 0.29) is 5.76 Å². The zero-order chi connectivity index (χ0) is 17.0. The van der Waals surface area contributed by atoms with E-state index in [4.69, 9.17) is 14.9 Å². The van der Waals surface area contributed by atoms with Crippen LogP contribution < -0.4 is 0 Å². The Morgan fingerprint density at radius 3 is 2.23 bits per heavy atom. The summed E-state index contributed by atoms with van der Waals surface area (Å²) >= 11 is 0. The van der Waals surface area contributed by atoms with Crippen LogP contribution >= 0.6 is 0 Å². The molecule has 1 N–H and O–H groups in total. The van der Waals surface area contributed by atoms with Crippen molar-refractivity contribution in [2.75, 3.05) is 13.1 Å². The van der Waals surface area contributed by atoms with Crippen molar-refractivity contribution in [3.63, 3.8) is 0 Å². The lowest BCUT2D eigenvalue weighted by Gasteiger charge is -2.29. The number of rotatable bonds is 5. The number of nitriles is 2. The second-order valence-electron chi connectivity index (χ2n) is 4.51. The molecule has 0 radical (unpaired) electrons. The first-order valence-electron chi connectivity index (χ1n) is 6.03. The number of aryl methyl sites for hydroxylation is 1. The standard InChI is InChI=1S/C13H12F3N3O3/c1-9-2-3-10(22-9)12(21,13(14,15)16)8-11(20)19(6-4-17)7-5-18/h2-3,21H,6-8H2,1H3. The summed E-state index contributed by atoms with van der Waals surface area (Å²) in [5, 5.41) is 27.0. The van der Waals surface area contributed by atoms with Gasteiger partial charge in [0.15, 0.2) is 0 Å². The van der Waals surface area contributed by atoms with Crippen molar-refractivity contribution in [3.8, 4) is 12.1 Å². The van der Waals surface area contributed by atoms with Crippen molar-refractivity contribution < 1.29 is 27.5 Å². The number of aliphatic hydroxyl groups is 1. The van der Waals surface area contributed by atoms with Crippen LogP contribution in [0.3, 0.4) is 0 Å². The van der Waals surface area contributed by atoms with Gasteiger partial charge in [-0.2, -0.15) is 23.7 Å². The molecule has 1 heterocycles. The molecule has 0 aromatic carbocycles. The second-order valence-corrected chi connectivity index (χ2v) is 4.51. The number of hydrogen-bond acceptors (Lipinski definition) is 5. The fourth-order valence-corrected chi connectivity index (χ4v) is 1.72. The summed E-state index contributed by atoms with van der Waals surface area (Å²) < 4.78 is 44.4. The van der Waals surface area contributed by atoms with Gasteiger partial charge in [0.2, 0.25) is 11.5 Å². The Bertz CT molecular complexity index is 611. The molecule has 22 heavy (non-hydrogen) atoms. The summed E-state index contributed by atoms with van der Waals surface area (Å²) in [6.07, 6.45) is -6.55. The van der Waals surface area contributed by atoms with Crippen LogP contribution in [0.25, 0.3) is 0 Å². The van der Waals surface area contributed by atoms with Crippen molar-refractivity contribution in [1.82, 2.24) is 4.90 Å². The molecular weight excluding hydrogens is 303 g/mol. The van der Waals surface area contributed by atoms with E-state index in [2.05, 4.69) is 0 Å². The van der Waals surface area contributed by atoms with Crippen molar-refractivity contribution in [2.24, 2.45) is 0 Å². The highest BCUT2D eigenvalue weighted by atomic mass is 19.4. The average molecular weight is 315 g/mol. The highest BCUT2D eigenvalue weighted by Gasteiger charge is 2.58. The van der Waals surface area contributed by atoms with E-state index < -0.39 is 43.0 Å². The first-order chi connectivity index (χ1) is 10.2. The van der Waals surface area contributed by atoms with E-state index in [1.54, 1.807) is 12.1 Å². The van der Waals surface area contributed by atoms with Crippen LogP contribution in [0.2, 0.25) is 0 Å². The molecule has 0 bridgehead atoms. The fourth-order valence-electron chi connectivity index (χ4n) is 1.72. The van der Waals surface area contributed by atoms with Crippen molar-refractivity contribution in [3.05, 3.63) is 23.7 Å². The van der Waals surface area contributed by atoms with Crippen molar-refractivity contribution in [1.29, 1.82) is 10.5 Å². The van der Waals surface area contributed by atoms with Gasteiger partial charge in [-0.15, -0.1) is 0 Å². The molecule has 1 aromatic heterocycles. The van der Waals surface area contributed by atoms with E-state index in [0.717, 1.165) is 6.07 Å². The predicted octanol–water partition coefficient (Wildman–Crippen LogP) is 1.60. The van der Waals surface area contributed by atoms with Gasteiger partial charge in [-0.05, 0) is 19.1 Å². The van der Waals surface area contributed by atoms with E-state index in [1.807, 2.05) is 0 Å². The van der Waals surface area contributed by atoms with Crippen molar-refractivity contribution >= 4 is 5.91 Å². The normalized spacial score (nSPS) is 13.8. The number of hydrogen-bond donors (Lipinski definition) is 1. The Kier molecular flexibility index (Phi) is 5.18. The lowest BCUT2D eigenvalue weighted by atomic mass is 9.95. The van der Waals surface area contributed by atoms with Gasteiger partial charge in [-0.1, -0.05) is 0 Å². The smallest absolute Gasteiger partial charge is 0.425 e. The van der Waals surface area contributed by atoms with Gasteiger partial charge < -0.3 is 14.4 Å². The summed E-state index contributed by atoms with van der Waals surface area (Å²) in [5.41, 5.74) is -3.53. The van der Waals surface area contributed by atoms with E-state index in [1.165, 1.54) is 13.0 Å². The van der Waals surface area contributed by atoms with Gasteiger partial charge in [0.05, 0.1) is 18.6 Å². The molecule has 0 aliphatic carbocycles. The maximum atomic E-state index is 13.2. The fraction of sp³-hybridized carbons (Fsp3) is 0.462. The highest BCUT2D eigenvalue weighted by Crippen LogP contribution is 2.42. The quantitative estimate of drug-likeness (QED) is 0.832. The van der Waals surface area contributed by atoms with Gasteiger partial charge >= 0.3 is 6.18 Å². The zero-order valence-corrected chi connectivity index (χ0v) is 11.5. The minimum atomic E-state index is -5.17. The van der Waals surface area contributed by atoms with Crippen LogP contribution in [-0.4, -0.2) is 35.2 Å². The van der Waals surface area contributed by atoms with E-state index in [9.17, 15) is 23.1 Å². The molecule has 1 rings (SSSR count). The minimum Gasteiger partial charge on any atom is -0.463 e. The summed E-state index contributed by atoms with van der Waals surface area (Å²) in [4.78, 5) is 12.5. The Morgan fingerprint density at radius 1 is 1.32 bits per heavy atom. The van der Waals surface area contributed by atoms with E-state index >= 15 is 0 Å². The van der Waals surface area contributed by atoms with Crippen LogP contribution in [0.15, 0.2) is 16.5 Å². The number of carbonyl (C=O) groups excluding carboxylic acids is 1. The summed E-state index contributed by atoms with van der Waals surface area (Å²) in [6.45, 7) is 0.273. The minimum absolute atomic E-state index is 0.135. The molecule has 0 spiro atoms. The van der Waals surface area contributed by atoms with Crippen LogP contribution in [0, 0.1) is 29.6 Å². The maximum absolute atomic E-state index is 13.2. The van der Waals surface area contributed by atoms with Gasteiger partial charge in [0.25, 0.3) is 0 Å². The monoisotopic (exact) mass is 315 g/mol. The zero-order valence-electron chi connectivity index (χ0n) is 11.5. The topological polar surface area (TPSA) is 101 Å². The van der Waals surface area contributed by atoms with Crippen LogP contribution in [0.5, 0.6) is 0 Å². The molecule has 1 atom stereocenters. The Labute approximate surface area is 124 Å². The molecule has 0 fully saturated rings. The Hall–Kier alpha value is -2.52. The second kappa shape index (κ2) is 6.50. The lowest BCUT2D eigenvalue weighted by Crippen LogP contribution is -2.47. The number of carbonyl (C=O) groups is 1. The highest BCUT2D eigenvalue weighted by molar-refractivity contribution is 5.78. The van der Waals surface area contributed by atoms with Gasteiger partial charge in [0.1, 0.15) is 24.6 Å². The lowest BCUT2D eigenvalue weighted by molar-refractivity contribution is -0.274. The number of amides is 1. The molecule has 0 saturated heterocycles. The summed E-state index contributed by atoms with van der Waals surface area (Å²) in [7, 11) is 0. The van der Waals surface area contributed by atoms with Gasteiger partial charge in [-0.25, -0.2) is 0 Å². The molecule has 118 valence electrons. The first kappa shape index (κ1) is 17.5. The summed E-state index contributed by atoms with van der Waals surface area (Å²) in [5.74, 6) is -1.87. The predicted molar refractivity (Wildman–Crippen MR) is 65.8 cm³/mol. The third kappa shape index (κ3) is 3.57. The average Bonchev–Trinajstić information content (AvgIpc) is 2.84. The maximum Gasteiger partial charge on any atom is 0.425 e. The molecule has 0 saturated carbocycles. The molecule has 1 aromatic rings. The molecule has 1 unspecified atom stereocenters. The first-order valence-corrected chi connectivity index (χ1v) is 6.03. The molecule has 9 heteroatoms. The largest absolute Gasteiger partial charge is 0.463 e. The third-order valence-corrected chi connectivity index (χ3v) is 2.90. The number of furan rings is 1. The van der Waals surface area contributed by atoms with E-state index in [0.29, 0.717) is 4.90 Å². The number of nitrogens with zero attached hydrogens (tertiary/aromatic N) is 3. The van der Waals surface area contributed by atoms with Gasteiger partial charge in [0, 0.05) is 0 Å². The Balaban J connectivity index is 3.13. The number of halogens is 3. The number of alkyl halides is 3. The molecular formula is C13H12F3N3O3. The Morgan fingerprint density at radius 2 is 1.86 bits per heavy atom.